The first-order chi connectivity index (χ1) is 12.9. The van der Waals surface area contributed by atoms with Gasteiger partial charge in [-0.1, -0.05) is 6.92 Å². The van der Waals surface area contributed by atoms with Gasteiger partial charge in [-0.3, -0.25) is 19.3 Å². The van der Waals surface area contributed by atoms with Crippen molar-refractivity contribution in [1.29, 1.82) is 0 Å². The summed E-state index contributed by atoms with van der Waals surface area (Å²) >= 11 is 0. The first kappa shape index (κ1) is 20.9. The van der Waals surface area contributed by atoms with Crippen LogP contribution in [0.3, 0.4) is 0 Å². The van der Waals surface area contributed by atoms with Gasteiger partial charge in [0.25, 0.3) is 0 Å². The van der Waals surface area contributed by atoms with Gasteiger partial charge in [-0.2, -0.15) is 0 Å². The molecule has 0 saturated carbocycles. The van der Waals surface area contributed by atoms with Crippen LogP contribution in [0.25, 0.3) is 0 Å². The maximum atomic E-state index is 12.4. The maximum absolute atomic E-state index is 12.4. The van der Waals surface area contributed by atoms with Crippen LogP contribution in [0.1, 0.15) is 43.0 Å². The first-order valence-electron chi connectivity index (χ1n) is 9.35. The zero-order chi connectivity index (χ0) is 19.8. The number of nitrogens with zero attached hydrogens (tertiary/aromatic N) is 2. The molecule has 1 aromatic rings. The second-order valence-electron chi connectivity index (χ2n) is 6.72. The standard InChI is InChI=1S/C20H28N2O5/c1-3-21(14-20(25)26)16-10-12-22(13-11-16)19(24)9-8-18(23)15-4-6-17(27-2)7-5-15/h4-7,16H,3,8-14H2,1-2H3,(H,25,26). The number of carbonyl (C=O) groups excluding carboxylic acids is 2. The third-order valence-electron chi connectivity index (χ3n) is 5.06. The second-order valence-corrected chi connectivity index (χ2v) is 6.72. The highest BCUT2D eigenvalue weighted by atomic mass is 16.5. The van der Waals surface area contributed by atoms with Gasteiger partial charge in [-0.25, -0.2) is 0 Å². The monoisotopic (exact) mass is 376 g/mol. The predicted octanol–water partition coefficient (Wildman–Crippen LogP) is 2.06. The number of carboxylic acid groups (broad SMARTS) is 1. The zero-order valence-corrected chi connectivity index (χ0v) is 16.0. The van der Waals surface area contributed by atoms with Crippen LogP contribution in [0.4, 0.5) is 0 Å². The van der Waals surface area contributed by atoms with Crippen LogP contribution in [0, 0.1) is 0 Å². The van der Waals surface area contributed by atoms with Gasteiger partial charge in [0.1, 0.15) is 5.75 Å². The molecule has 1 aromatic carbocycles. The number of hydrogen-bond donors (Lipinski definition) is 1. The van der Waals surface area contributed by atoms with Crippen LogP contribution in [0.15, 0.2) is 24.3 Å². The van der Waals surface area contributed by atoms with Gasteiger partial charge in [-0.15, -0.1) is 0 Å². The van der Waals surface area contributed by atoms with Crippen LogP contribution in [-0.4, -0.2) is 71.9 Å². The molecule has 0 bridgehead atoms. The molecule has 27 heavy (non-hydrogen) atoms. The summed E-state index contributed by atoms with van der Waals surface area (Å²) in [6, 6.07) is 7.07. The summed E-state index contributed by atoms with van der Waals surface area (Å²) in [5.74, 6) is -0.210. The average molecular weight is 376 g/mol. The topological polar surface area (TPSA) is 87.2 Å². The maximum Gasteiger partial charge on any atom is 0.317 e. The van der Waals surface area contributed by atoms with E-state index in [1.165, 1.54) is 0 Å². The van der Waals surface area contributed by atoms with E-state index in [-0.39, 0.29) is 37.1 Å². The van der Waals surface area contributed by atoms with Crippen LogP contribution >= 0.6 is 0 Å². The fourth-order valence-corrected chi connectivity index (χ4v) is 3.45. The molecule has 1 saturated heterocycles. The normalized spacial score (nSPS) is 15.0. The van der Waals surface area contributed by atoms with Crippen molar-refractivity contribution < 1.29 is 24.2 Å². The number of likely N-dealkylation sites (N-methyl/N-ethyl adjacent to an activating group) is 1. The Kier molecular flexibility index (Phi) is 7.79. The van der Waals surface area contributed by atoms with E-state index in [1.54, 1.807) is 36.3 Å². The minimum atomic E-state index is -0.826. The number of Topliss-reactive ketones (excluding diaryl/α,β-unsaturated/α-hetero) is 1. The average Bonchev–Trinajstić information content (AvgIpc) is 2.70. The Hall–Kier alpha value is -2.41. The molecule has 0 aliphatic carbocycles. The largest absolute Gasteiger partial charge is 0.497 e. The van der Waals surface area contributed by atoms with Gasteiger partial charge >= 0.3 is 5.97 Å². The number of ketones is 1. The lowest BCUT2D eigenvalue weighted by Gasteiger charge is -2.37. The van der Waals surface area contributed by atoms with E-state index in [9.17, 15) is 14.4 Å². The van der Waals surface area contributed by atoms with E-state index in [4.69, 9.17) is 9.84 Å². The third kappa shape index (κ3) is 6.06. The minimum Gasteiger partial charge on any atom is -0.497 e. The number of rotatable bonds is 9. The summed E-state index contributed by atoms with van der Waals surface area (Å²) in [6.45, 7) is 3.88. The molecule has 1 aliphatic heterocycles. The summed E-state index contributed by atoms with van der Waals surface area (Å²) in [4.78, 5) is 39.3. The summed E-state index contributed by atoms with van der Waals surface area (Å²) in [5, 5.41) is 8.99. The molecule has 7 heteroatoms. The molecule has 1 N–H and O–H groups in total. The Morgan fingerprint density at radius 2 is 1.78 bits per heavy atom. The van der Waals surface area contributed by atoms with E-state index in [2.05, 4.69) is 0 Å². The number of piperidine rings is 1. The highest BCUT2D eigenvalue weighted by molar-refractivity contribution is 5.98. The summed E-state index contributed by atoms with van der Waals surface area (Å²) < 4.78 is 5.07. The van der Waals surface area contributed by atoms with Crippen molar-refractivity contribution in [2.24, 2.45) is 0 Å². The van der Waals surface area contributed by atoms with E-state index in [0.29, 0.717) is 30.9 Å². The molecule has 1 fully saturated rings. The van der Waals surface area contributed by atoms with E-state index in [1.807, 2.05) is 11.8 Å². The van der Waals surface area contributed by atoms with E-state index < -0.39 is 5.97 Å². The lowest BCUT2D eigenvalue weighted by molar-refractivity contribution is -0.140. The SMILES string of the molecule is CCN(CC(=O)O)C1CCN(C(=O)CCC(=O)c2ccc(OC)cc2)CC1. The van der Waals surface area contributed by atoms with Crippen molar-refractivity contribution in [2.75, 3.05) is 33.3 Å². The smallest absolute Gasteiger partial charge is 0.317 e. The molecular weight excluding hydrogens is 348 g/mol. The van der Waals surface area contributed by atoms with Crippen molar-refractivity contribution in [2.45, 2.75) is 38.6 Å². The van der Waals surface area contributed by atoms with Gasteiger partial charge in [0, 0.05) is 37.5 Å². The lowest BCUT2D eigenvalue weighted by atomic mass is 10.0. The van der Waals surface area contributed by atoms with Crippen molar-refractivity contribution >= 4 is 17.7 Å². The number of aliphatic carboxylic acids is 1. The number of methoxy groups -OCH3 is 1. The Morgan fingerprint density at radius 1 is 1.15 bits per heavy atom. The molecule has 1 aliphatic rings. The quantitative estimate of drug-likeness (QED) is 0.664. The fraction of sp³-hybridized carbons (Fsp3) is 0.550. The van der Waals surface area contributed by atoms with Crippen molar-refractivity contribution in [3.63, 3.8) is 0 Å². The Bertz CT molecular complexity index is 651. The van der Waals surface area contributed by atoms with Gasteiger partial charge in [-0.05, 0) is 43.7 Å². The molecule has 148 valence electrons. The molecule has 1 heterocycles. The Morgan fingerprint density at radius 3 is 2.30 bits per heavy atom. The number of ether oxygens (including phenoxy) is 1. The first-order valence-corrected chi connectivity index (χ1v) is 9.35. The van der Waals surface area contributed by atoms with E-state index in [0.717, 1.165) is 12.8 Å². The summed E-state index contributed by atoms with van der Waals surface area (Å²) in [7, 11) is 1.57. The molecule has 2 rings (SSSR count). The predicted molar refractivity (Wildman–Crippen MR) is 101 cm³/mol. The van der Waals surface area contributed by atoms with Gasteiger partial charge in [0.15, 0.2) is 5.78 Å². The Labute approximate surface area is 159 Å². The molecule has 0 unspecified atom stereocenters. The molecule has 0 radical (unpaired) electrons. The highest BCUT2D eigenvalue weighted by Gasteiger charge is 2.27. The molecule has 7 nitrogen and oxygen atoms in total. The highest BCUT2D eigenvalue weighted by Crippen LogP contribution is 2.18. The zero-order valence-electron chi connectivity index (χ0n) is 16.0. The van der Waals surface area contributed by atoms with Gasteiger partial charge < -0.3 is 14.7 Å². The van der Waals surface area contributed by atoms with Crippen LogP contribution < -0.4 is 4.74 Å². The summed E-state index contributed by atoms with van der Waals surface area (Å²) in [6.07, 6.45) is 1.91. The second kappa shape index (κ2) is 10.1. The third-order valence-corrected chi connectivity index (χ3v) is 5.06. The lowest BCUT2D eigenvalue weighted by Crippen LogP contribution is -2.48. The molecule has 0 aromatic heterocycles. The number of hydrogen-bond acceptors (Lipinski definition) is 5. The number of carboxylic acids is 1. The van der Waals surface area contributed by atoms with Gasteiger partial charge in [0.2, 0.25) is 5.91 Å². The molecular formula is C20H28N2O5. The van der Waals surface area contributed by atoms with E-state index >= 15 is 0 Å². The fourth-order valence-electron chi connectivity index (χ4n) is 3.45. The molecule has 0 atom stereocenters. The number of benzene rings is 1. The number of likely N-dealkylation sites (tertiary alicyclic amines) is 1. The molecule has 1 amide bonds. The van der Waals surface area contributed by atoms with Crippen LogP contribution in [0.2, 0.25) is 0 Å². The number of amides is 1. The van der Waals surface area contributed by atoms with Crippen LogP contribution in [0.5, 0.6) is 5.75 Å². The Balaban J connectivity index is 1.78. The van der Waals surface area contributed by atoms with Crippen molar-refractivity contribution in [1.82, 2.24) is 9.80 Å². The van der Waals surface area contributed by atoms with Crippen molar-refractivity contribution in [3.05, 3.63) is 29.8 Å². The van der Waals surface area contributed by atoms with Crippen LogP contribution in [-0.2, 0) is 9.59 Å². The number of carbonyl (C=O) groups is 3. The summed E-state index contributed by atoms with van der Waals surface area (Å²) in [5.41, 5.74) is 0.578. The van der Waals surface area contributed by atoms with Crippen molar-refractivity contribution in [3.8, 4) is 5.75 Å². The van der Waals surface area contributed by atoms with Gasteiger partial charge in [0.05, 0.1) is 13.7 Å². The molecule has 0 spiro atoms. The minimum absolute atomic E-state index is 0.0170.